The number of rotatable bonds is 9. The zero-order valence-electron chi connectivity index (χ0n) is 22.3. The van der Waals surface area contributed by atoms with Crippen molar-refractivity contribution in [2.24, 2.45) is 0 Å². The summed E-state index contributed by atoms with van der Waals surface area (Å²) in [7, 11) is -4.03. The second-order valence-corrected chi connectivity index (χ2v) is 11.7. The van der Waals surface area contributed by atoms with Gasteiger partial charge in [-0.25, -0.2) is 22.8 Å². The first kappa shape index (κ1) is 27.5. The van der Waals surface area contributed by atoms with Crippen molar-refractivity contribution in [2.75, 3.05) is 18.7 Å². The predicted molar refractivity (Wildman–Crippen MR) is 149 cm³/mol. The standard InChI is InChI=1S/C29H27FN6O5S/c30-21-6-8-22(9-7-21)42(38,39)36-14-2-4-24(36)28(37)35-27(20-5-10-25-26(15-20)41-18-40-25)23-11-13-32-29(34-23)33-17-19-3-1-12-31-16-19/h1,3,5-13,15-16,24,27H,2,4,14,17-18H2,(H,35,37)(H,32,33,34)/t24-,27?/m0/s1. The summed E-state index contributed by atoms with van der Waals surface area (Å²) in [4.78, 5) is 26.8. The molecule has 4 aromatic rings. The lowest BCUT2D eigenvalue weighted by Crippen LogP contribution is -2.47. The molecule has 1 fully saturated rings. The molecule has 2 N–H and O–H groups in total. The van der Waals surface area contributed by atoms with Crippen LogP contribution in [0.25, 0.3) is 0 Å². The van der Waals surface area contributed by atoms with Crippen molar-refractivity contribution in [2.45, 2.75) is 36.4 Å². The van der Waals surface area contributed by atoms with Gasteiger partial charge in [0.25, 0.3) is 0 Å². The lowest BCUT2D eigenvalue weighted by molar-refractivity contribution is -0.124. The van der Waals surface area contributed by atoms with E-state index in [0.717, 1.165) is 17.7 Å². The molecular formula is C29H27FN6O5S. The largest absolute Gasteiger partial charge is 0.454 e. The van der Waals surface area contributed by atoms with Gasteiger partial charge in [-0.1, -0.05) is 12.1 Å². The van der Waals surface area contributed by atoms with Crippen LogP contribution in [0.3, 0.4) is 0 Å². The maximum absolute atomic E-state index is 13.8. The summed E-state index contributed by atoms with van der Waals surface area (Å²) in [5.74, 6) is 0.423. The van der Waals surface area contributed by atoms with Crippen LogP contribution in [0.5, 0.6) is 11.5 Å². The van der Waals surface area contributed by atoms with Gasteiger partial charge in [-0.2, -0.15) is 4.31 Å². The van der Waals surface area contributed by atoms with E-state index in [1.165, 1.54) is 16.4 Å². The second kappa shape index (κ2) is 11.7. The van der Waals surface area contributed by atoms with Gasteiger partial charge in [-0.15, -0.1) is 0 Å². The van der Waals surface area contributed by atoms with Crippen molar-refractivity contribution >= 4 is 21.9 Å². The van der Waals surface area contributed by atoms with E-state index in [0.29, 0.717) is 48.1 Å². The molecule has 216 valence electrons. The van der Waals surface area contributed by atoms with E-state index in [2.05, 4.69) is 25.6 Å². The number of hydrogen-bond donors (Lipinski definition) is 2. The number of carbonyl (C=O) groups excluding carboxylic acids is 1. The highest BCUT2D eigenvalue weighted by Crippen LogP contribution is 2.36. The highest BCUT2D eigenvalue weighted by atomic mass is 32.2. The van der Waals surface area contributed by atoms with Gasteiger partial charge in [0.05, 0.1) is 16.6 Å². The molecule has 13 heteroatoms. The molecule has 2 atom stereocenters. The monoisotopic (exact) mass is 590 g/mol. The zero-order chi connectivity index (χ0) is 29.1. The number of anilines is 1. The van der Waals surface area contributed by atoms with E-state index in [1.54, 1.807) is 42.9 Å². The minimum atomic E-state index is -4.03. The molecule has 0 spiro atoms. The Bertz CT molecular complexity index is 1690. The minimum absolute atomic E-state index is 0.0731. The number of nitrogens with one attached hydrogen (secondary N) is 2. The Morgan fingerprint density at radius 2 is 1.90 bits per heavy atom. The Hall–Kier alpha value is -4.62. The van der Waals surface area contributed by atoms with Gasteiger partial charge in [0.1, 0.15) is 11.9 Å². The normalized spacial score (nSPS) is 17.1. The Kier molecular flexibility index (Phi) is 7.68. The van der Waals surface area contributed by atoms with E-state index in [4.69, 9.17) is 9.47 Å². The van der Waals surface area contributed by atoms with Gasteiger partial charge in [-0.05, 0) is 72.5 Å². The van der Waals surface area contributed by atoms with Crippen LogP contribution in [0.15, 0.2) is 84.1 Å². The average molecular weight is 591 g/mol. The Morgan fingerprint density at radius 1 is 1.07 bits per heavy atom. The number of sulfonamides is 1. The molecule has 4 heterocycles. The van der Waals surface area contributed by atoms with E-state index in [9.17, 15) is 17.6 Å². The number of halogens is 1. The number of hydrogen-bond acceptors (Lipinski definition) is 9. The van der Waals surface area contributed by atoms with Crippen LogP contribution in [-0.4, -0.2) is 53.0 Å². The molecule has 0 radical (unpaired) electrons. The molecule has 1 unspecified atom stereocenters. The number of pyridine rings is 1. The fourth-order valence-corrected chi connectivity index (χ4v) is 6.65. The SMILES string of the molecule is O=C(NC(c1ccc2c(c1)OCO2)c1ccnc(NCc2cccnc2)n1)[C@@H]1CCCN1S(=O)(=O)c1ccc(F)cc1. The van der Waals surface area contributed by atoms with Crippen LogP contribution >= 0.6 is 0 Å². The third kappa shape index (κ3) is 5.74. The molecule has 0 bridgehead atoms. The van der Waals surface area contributed by atoms with E-state index in [1.807, 2.05) is 12.1 Å². The fraction of sp³-hybridized carbons (Fsp3) is 0.241. The van der Waals surface area contributed by atoms with Gasteiger partial charge in [0.2, 0.25) is 28.7 Å². The fourth-order valence-electron chi connectivity index (χ4n) is 4.99. The number of benzene rings is 2. The Balaban J connectivity index is 1.28. The van der Waals surface area contributed by atoms with Crippen molar-refractivity contribution in [3.63, 3.8) is 0 Å². The van der Waals surface area contributed by atoms with Gasteiger partial charge in [0.15, 0.2) is 11.5 Å². The molecule has 6 rings (SSSR count). The minimum Gasteiger partial charge on any atom is -0.454 e. The maximum atomic E-state index is 13.8. The molecule has 2 aromatic carbocycles. The summed E-state index contributed by atoms with van der Waals surface area (Å²) in [6, 6.07) is 13.6. The molecule has 42 heavy (non-hydrogen) atoms. The molecule has 11 nitrogen and oxygen atoms in total. The summed E-state index contributed by atoms with van der Waals surface area (Å²) in [6.45, 7) is 0.697. The van der Waals surface area contributed by atoms with Crippen LogP contribution in [0.2, 0.25) is 0 Å². The van der Waals surface area contributed by atoms with Gasteiger partial charge < -0.3 is 20.1 Å². The van der Waals surface area contributed by atoms with E-state index >= 15 is 0 Å². The third-order valence-corrected chi connectivity index (χ3v) is 9.01. The summed E-state index contributed by atoms with van der Waals surface area (Å²) in [5.41, 5.74) is 2.09. The number of nitrogens with zero attached hydrogens (tertiary/aromatic N) is 4. The van der Waals surface area contributed by atoms with Gasteiger partial charge in [0, 0.05) is 31.7 Å². The number of aromatic nitrogens is 3. The Morgan fingerprint density at radius 3 is 2.71 bits per heavy atom. The van der Waals surface area contributed by atoms with Crippen LogP contribution in [0.4, 0.5) is 10.3 Å². The molecule has 0 saturated carbocycles. The summed E-state index contributed by atoms with van der Waals surface area (Å²) < 4.78 is 52.5. The third-order valence-electron chi connectivity index (χ3n) is 7.09. The average Bonchev–Trinajstić information content (AvgIpc) is 3.70. The van der Waals surface area contributed by atoms with E-state index in [-0.39, 0.29) is 18.2 Å². The first-order valence-electron chi connectivity index (χ1n) is 13.3. The lowest BCUT2D eigenvalue weighted by atomic mass is 10.0. The summed E-state index contributed by atoms with van der Waals surface area (Å²) in [6.07, 6.45) is 5.85. The molecule has 2 aromatic heterocycles. The van der Waals surface area contributed by atoms with Gasteiger partial charge in [-0.3, -0.25) is 9.78 Å². The molecule has 2 aliphatic rings. The summed E-state index contributed by atoms with van der Waals surface area (Å²) >= 11 is 0. The van der Waals surface area contributed by atoms with Crippen molar-refractivity contribution < 1.29 is 27.1 Å². The highest BCUT2D eigenvalue weighted by molar-refractivity contribution is 7.89. The van der Waals surface area contributed by atoms with Crippen LogP contribution in [0, 0.1) is 5.82 Å². The van der Waals surface area contributed by atoms with Crippen molar-refractivity contribution in [3.8, 4) is 11.5 Å². The van der Waals surface area contributed by atoms with Crippen molar-refractivity contribution in [1.29, 1.82) is 0 Å². The van der Waals surface area contributed by atoms with Crippen molar-refractivity contribution in [3.05, 3.63) is 102 Å². The number of carbonyl (C=O) groups is 1. The molecule has 0 aliphatic carbocycles. The predicted octanol–water partition coefficient (Wildman–Crippen LogP) is 3.41. The van der Waals surface area contributed by atoms with Crippen LogP contribution in [-0.2, 0) is 21.4 Å². The number of fused-ring (bicyclic) bond motifs is 1. The van der Waals surface area contributed by atoms with Crippen LogP contribution in [0.1, 0.15) is 35.7 Å². The quantitative estimate of drug-likeness (QED) is 0.301. The zero-order valence-corrected chi connectivity index (χ0v) is 23.1. The molecule has 2 aliphatic heterocycles. The molecule has 1 saturated heterocycles. The van der Waals surface area contributed by atoms with Crippen LogP contribution < -0.4 is 20.1 Å². The van der Waals surface area contributed by atoms with E-state index < -0.39 is 33.8 Å². The first-order chi connectivity index (χ1) is 20.4. The van der Waals surface area contributed by atoms with Crippen molar-refractivity contribution in [1.82, 2.24) is 24.6 Å². The Labute approximate surface area is 241 Å². The second-order valence-electron chi connectivity index (χ2n) is 9.80. The molecular weight excluding hydrogens is 563 g/mol. The van der Waals surface area contributed by atoms with Gasteiger partial charge >= 0.3 is 0 Å². The maximum Gasteiger partial charge on any atom is 0.243 e. The smallest absolute Gasteiger partial charge is 0.243 e. The topological polar surface area (TPSA) is 136 Å². The highest BCUT2D eigenvalue weighted by Gasteiger charge is 2.40. The summed E-state index contributed by atoms with van der Waals surface area (Å²) in [5, 5.41) is 6.19. The lowest BCUT2D eigenvalue weighted by Gasteiger charge is -2.26. The number of amides is 1. The molecule has 1 amide bonds. The number of ether oxygens (including phenoxy) is 2. The first-order valence-corrected chi connectivity index (χ1v) is 14.8.